The number of nitrogens with one attached hydrogen (secondary N) is 1. The van der Waals surface area contributed by atoms with E-state index in [1.165, 1.54) is 12.8 Å². The third kappa shape index (κ3) is 4.63. The van der Waals surface area contributed by atoms with Crippen LogP contribution < -0.4 is 11.1 Å². The quantitative estimate of drug-likeness (QED) is 0.679. The number of nitrogens with zero attached hydrogens (tertiary/aromatic N) is 2. The fourth-order valence-electron chi connectivity index (χ4n) is 2.01. The molecule has 1 aromatic heterocycles. The van der Waals surface area contributed by atoms with Crippen LogP contribution in [0.5, 0.6) is 0 Å². The molecule has 0 amide bonds. The number of anilines is 2. The van der Waals surface area contributed by atoms with E-state index in [1.54, 1.807) is 0 Å². The lowest BCUT2D eigenvalue weighted by atomic mass is 10.2. The number of nitrogen functional groups attached to an aromatic ring is 1. The van der Waals surface area contributed by atoms with Crippen LogP contribution in [0.1, 0.15) is 44.0 Å². The maximum Gasteiger partial charge on any atom is 0.134 e. The van der Waals surface area contributed by atoms with Crippen molar-refractivity contribution in [3.63, 3.8) is 0 Å². The molecule has 0 saturated heterocycles. The lowest BCUT2D eigenvalue weighted by Crippen LogP contribution is -2.12. The molecule has 1 saturated carbocycles. The van der Waals surface area contributed by atoms with Gasteiger partial charge < -0.3 is 15.8 Å². The standard InChI is InChI=1S/C15H26N4O/c1-3-5-13-18-14(16)11(2)15(19-13)17-8-4-9-20-10-12-6-7-12/h12H,3-10H2,1-2H3,(H3,16,17,18,19). The number of hydrogen-bond donors (Lipinski definition) is 2. The molecule has 0 radical (unpaired) electrons. The minimum Gasteiger partial charge on any atom is -0.383 e. The molecule has 112 valence electrons. The number of ether oxygens (including phenoxy) is 1. The highest BCUT2D eigenvalue weighted by Gasteiger charge is 2.20. The summed E-state index contributed by atoms with van der Waals surface area (Å²) in [6, 6.07) is 0. The molecule has 1 aromatic rings. The topological polar surface area (TPSA) is 73.1 Å². The summed E-state index contributed by atoms with van der Waals surface area (Å²) in [5.41, 5.74) is 6.86. The van der Waals surface area contributed by atoms with Crippen molar-refractivity contribution in [2.24, 2.45) is 5.92 Å². The van der Waals surface area contributed by atoms with E-state index >= 15 is 0 Å². The molecule has 1 fully saturated rings. The molecule has 5 heteroatoms. The van der Waals surface area contributed by atoms with E-state index in [9.17, 15) is 0 Å². The maximum absolute atomic E-state index is 5.93. The van der Waals surface area contributed by atoms with E-state index in [-0.39, 0.29) is 0 Å². The highest BCUT2D eigenvalue weighted by Crippen LogP contribution is 2.28. The van der Waals surface area contributed by atoms with Gasteiger partial charge in [-0.25, -0.2) is 9.97 Å². The first-order chi connectivity index (χ1) is 9.70. The van der Waals surface area contributed by atoms with Crippen molar-refractivity contribution >= 4 is 11.6 Å². The molecule has 2 rings (SSSR count). The average Bonchev–Trinajstić information content (AvgIpc) is 3.23. The van der Waals surface area contributed by atoms with E-state index in [0.29, 0.717) is 5.82 Å². The molecule has 1 aliphatic carbocycles. The Morgan fingerprint density at radius 3 is 2.85 bits per heavy atom. The molecule has 0 unspecified atom stereocenters. The first-order valence-corrected chi connectivity index (χ1v) is 7.65. The lowest BCUT2D eigenvalue weighted by Gasteiger charge is -2.12. The predicted molar refractivity (Wildman–Crippen MR) is 81.8 cm³/mol. The summed E-state index contributed by atoms with van der Waals surface area (Å²) in [7, 11) is 0. The normalized spacial score (nSPS) is 14.5. The second kappa shape index (κ2) is 7.43. The molecular formula is C15H26N4O. The van der Waals surface area contributed by atoms with Gasteiger partial charge in [0.05, 0.1) is 0 Å². The van der Waals surface area contributed by atoms with Gasteiger partial charge in [0.25, 0.3) is 0 Å². The Labute approximate surface area is 121 Å². The molecule has 3 N–H and O–H groups in total. The molecule has 20 heavy (non-hydrogen) atoms. The van der Waals surface area contributed by atoms with Gasteiger partial charge in [-0.2, -0.15) is 0 Å². The van der Waals surface area contributed by atoms with Crippen molar-refractivity contribution in [3.8, 4) is 0 Å². The van der Waals surface area contributed by atoms with Gasteiger partial charge in [0.1, 0.15) is 17.5 Å². The molecule has 1 aliphatic rings. The molecule has 5 nitrogen and oxygen atoms in total. The highest BCUT2D eigenvalue weighted by atomic mass is 16.5. The van der Waals surface area contributed by atoms with Gasteiger partial charge in [0.15, 0.2) is 0 Å². The van der Waals surface area contributed by atoms with Gasteiger partial charge >= 0.3 is 0 Å². The van der Waals surface area contributed by atoms with Gasteiger partial charge in [-0.05, 0) is 38.5 Å². The number of aryl methyl sites for hydroxylation is 1. The predicted octanol–water partition coefficient (Wildman–Crippen LogP) is 2.55. The molecule has 0 aliphatic heterocycles. The van der Waals surface area contributed by atoms with Crippen molar-refractivity contribution < 1.29 is 4.74 Å². The molecule has 1 heterocycles. The van der Waals surface area contributed by atoms with Crippen molar-refractivity contribution in [2.75, 3.05) is 30.8 Å². The molecule has 0 spiro atoms. The Balaban J connectivity index is 1.75. The smallest absolute Gasteiger partial charge is 0.134 e. The number of rotatable bonds is 9. The third-order valence-electron chi connectivity index (χ3n) is 3.51. The van der Waals surface area contributed by atoms with Crippen LogP contribution in [-0.2, 0) is 11.2 Å². The van der Waals surface area contributed by atoms with E-state index in [2.05, 4.69) is 22.2 Å². The van der Waals surface area contributed by atoms with E-state index in [4.69, 9.17) is 10.5 Å². The van der Waals surface area contributed by atoms with Crippen molar-refractivity contribution in [2.45, 2.75) is 46.0 Å². The summed E-state index contributed by atoms with van der Waals surface area (Å²) in [5, 5.41) is 3.35. The number of hydrogen-bond acceptors (Lipinski definition) is 5. The maximum atomic E-state index is 5.93. The fourth-order valence-corrected chi connectivity index (χ4v) is 2.01. The average molecular weight is 278 g/mol. The second-order valence-electron chi connectivity index (χ2n) is 5.55. The van der Waals surface area contributed by atoms with Gasteiger partial charge in [-0.1, -0.05) is 6.92 Å². The molecule has 0 bridgehead atoms. The Morgan fingerprint density at radius 2 is 2.15 bits per heavy atom. The summed E-state index contributed by atoms with van der Waals surface area (Å²) >= 11 is 0. The Hall–Kier alpha value is -1.36. The highest BCUT2D eigenvalue weighted by molar-refractivity contribution is 5.54. The Bertz CT molecular complexity index is 432. The van der Waals surface area contributed by atoms with Crippen LogP contribution in [0, 0.1) is 12.8 Å². The van der Waals surface area contributed by atoms with Crippen LogP contribution in [-0.4, -0.2) is 29.7 Å². The molecular weight excluding hydrogens is 252 g/mol. The fraction of sp³-hybridized carbons (Fsp3) is 0.733. The van der Waals surface area contributed by atoms with Gasteiger partial charge in [-0.3, -0.25) is 0 Å². The first-order valence-electron chi connectivity index (χ1n) is 7.65. The lowest BCUT2D eigenvalue weighted by molar-refractivity contribution is 0.124. The summed E-state index contributed by atoms with van der Waals surface area (Å²) < 4.78 is 5.61. The van der Waals surface area contributed by atoms with E-state index in [0.717, 1.165) is 62.1 Å². The molecule has 0 aromatic carbocycles. The van der Waals surface area contributed by atoms with E-state index in [1.807, 2.05) is 6.92 Å². The van der Waals surface area contributed by atoms with Crippen molar-refractivity contribution in [1.29, 1.82) is 0 Å². The van der Waals surface area contributed by atoms with Crippen molar-refractivity contribution in [1.82, 2.24) is 9.97 Å². The minimum absolute atomic E-state index is 0.580. The minimum atomic E-state index is 0.580. The Morgan fingerprint density at radius 1 is 1.35 bits per heavy atom. The summed E-state index contributed by atoms with van der Waals surface area (Å²) in [4.78, 5) is 8.84. The van der Waals surface area contributed by atoms with Gasteiger partial charge in [-0.15, -0.1) is 0 Å². The van der Waals surface area contributed by atoms with Crippen LogP contribution >= 0.6 is 0 Å². The zero-order valence-corrected chi connectivity index (χ0v) is 12.6. The third-order valence-corrected chi connectivity index (χ3v) is 3.51. The van der Waals surface area contributed by atoms with Crippen LogP contribution in [0.3, 0.4) is 0 Å². The van der Waals surface area contributed by atoms with E-state index < -0.39 is 0 Å². The van der Waals surface area contributed by atoms with Crippen LogP contribution in [0.2, 0.25) is 0 Å². The first kappa shape index (κ1) is 15.0. The number of nitrogens with two attached hydrogens (primary N) is 1. The van der Waals surface area contributed by atoms with Crippen molar-refractivity contribution in [3.05, 3.63) is 11.4 Å². The van der Waals surface area contributed by atoms with Crippen LogP contribution in [0.15, 0.2) is 0 Å². The largest absolute Gasteiger partial charge is 0.383 e. The SMILES string of the molecule is CCCc1nc(N)c(C)c(NCCCOCC2CC2)n1. The van der Waals surface area contributed by atoms with Gasteiger partial charge in [0.2, 0.25) is 0 Å². The molecule has 0 atom stereocenters. The van der Waals surface area contributed by atoms with Crippen LogP contribution in [0.25, 0.3) is 0 Å². The Kier molecular flexibility index (Phi) is 5.59. The summed E-state index contributed by atoms with van der Waals surface area (Å²) in [5.74, 6) is 3.10. The summed E-state index contributed by atoms with van der Waals surface area (Å²) in [6.07, 6.45) is 5.56. The second-order valence-corrected chi connectivity index (χ2v) is 5.55. The van der Waals surface area contributed by atoms with Gasteiger partial charge in [0, 0.05) is 31.7 Å². The zero-order chi connectivity index (χ0) is 14.4. The van der Waals surface area contributed by atoms with Crippen LogP contribution in [0.4, 0.5) is 11.6 Å². The number of aromatic nitrogens is 2. The zero-order valence-electron chi connectivity index (χ0n) is 12.6. The monoisotopic (exact) mass is 278 g/mol. The summed E-state index contributed by atoms with van der Waals surface area (Å²) in [6.45, 7) is 6.67.